The molecule has 0 aromatic carbocycles. The van der Waals surface area contributed by atoms with E-state index in [0.717, 1.165) is 49.5 Å². The van der Waals surface area contributed by atoms with E-state index < -0.39 is 0 Å². The van der Waals surface area contributed by atoms with Gasteiger partial charge < -0.3 is 14.6 Å². The second-order valence-corrected chi connectivity index (χ2v) is 7.77. The summed E-state index contributed by atoms with van der Waals surface area (Å²) in [6.07, 6.45) is 2.51. The summed E-state index contributed by atoms with van der Waals surface area (Å²) in [6, 6.07) is 2.68. The fourth-order valence-corrected chi connectivity index (χ4v) is 4.20. The number of H-pyrrole nitrogens is 1. The number of aromatic amines is 1. The molecule has 3 atom stereocenters. The molecular weight excluding hydrogens is 302 g/mol. The van der Waals surface area contributed by atoms with E-state index in [1.165, 1.54) is 0 Å². The zero-order chi connectivity index (χ0) is 17.4. The molecule has 5 heteroatoms. The Balaban J connectivity index is 1.84. The second-order valence-electron chi connectivity index (χ2n) is 7.77. The number of nitrogens with one attached hydrogen (secondary N) is 1. The molecule has 3 heterocycles. The number of hydrogen-bond acceptors (Lipinski definition) is 3. The zero-order valence-electron chi connectivity index (χ0n) is 15.6. The van der Waals surface area contributed by atoms with Gasteiger partial charge in [-0.3, -0.25) is 9.69 Å². The molecule has 5 nitrogen and oxygen atoms in total. The molecule has 1 aromatic heterocycles. The minimum atomic E-state index is 0.156. The molecule has 1 aromatic rings. The molecule has 134 valence electrons. The minimum absolute atomic E-state index is 0.156. The van der Waals surface area contributed by atoms with Crippen LogP contribution in [0.25, 0.3) is 0 Å². The molecular formula is C19H31N3O2. The van der Waals surface area contributed by atoms with E-state index in [4.69, 9.17) is 4.74 Å². The van der Waals surface area contributed by atoms with E-state index in [0.29, 0.717) is 12.0 Å². The first-order valence-corrected chi connectivity index (χ1v) is 9.17. The van der Waals surface area contributed by atoms with Gasteiger partial charge in [0.25, 0.3) is 5.91 Å². The van der Waals surface area contributed by atoms with Crippen molar-refractivity contribution < 1.29 is 9.53 Å². The molecule has 3 rings (SSSR count). The second kappa shape index (κ2) is 6.89. The molecule has 2 aliphatic rings. The highest BCUT2D eigenvalue weighted by atomic mass is 16.5. The van der Waals surface area contributed by atoms with Crippen LogP contribution in [0.3, 0.4) is 0 Å². The molecule has 2 saturated heterocycles. The van der Waals surface area contributed by atoms with Crippen LogP contribution in [0.15, 0.2) is 6.07 Å². The first-order valence-electron chi connectivity index (χ1n) is 9.17. The maximum Gasteiger partial charge on any atom is 0.255 e. The number of piperidine rings is 1. The number of aromatic nitrogens is 1. The van der Waals surface area contributed by atoms with E-state index in [-0.39, 0.29) is 18.1 Å². The van der Waals surface area contributed by atoms with Crippen LogP contribution in [0.4, 0.5) is 0 Å². The topological polar surface area (TPSA) is 48.6 Å². The van der Waals surface area contributed by atoms with Crippen LogP contribution in [0, 0.1) is 19.8 Å². The molecule has 2 fully saturated rings. The zero-order valence-corrected chi connectivity index (χ0v) is 15.6. The van der Waals surface area contributed by atoms with Crippen molar-refractivity contribution in [2.45, 2.75) is 58.7 Å². The normalized spacial score (nSPS) is 27.6. The van der Waals surface area contributed by atoms with Crippen molar-refractivity contribution >= 4 is 5.91 Å². The average Bonchev–Trinajstić information content (AvgIpc) is 2.90. The van der Waals surface area contributed by atoms with Crippen molar-refractivity contribution in [3.8, 4) is 0 Å². The highest BCUT2D eigenvalue weighted by molar-refractivity contribution is 5.95. The largest absolute Gasteiger partial charge is 0.376 e. The van der Waals surface area contributed by atoms with E-state index in [1.807, 2.05) is 19.9 Å². The number of carbonyl (C=O) groups is 1. The molecule has 1 N–H and O–H groups in total. The quantitative estimate of drug-likeness (QED) is 0.925. The summed E-state index contributed by atoms with van der Waals surface area (Å²) in [7, 11) is 2.16. The summed E-state index contributed by atoms with van der Waals surface area (Å²) in [4.78, 5) is 20.8. The van der Waals surface area contributed by atoms with Gasteiger partial charge in [0, 0.05) is 43.0 Å². The maximum atomic E-state index is 13.1. The number of likely N-dealkylation sites (N-methyl/N-ethyl adjacent to an activating group) is 1. The van der Waals surface area contributed by atoms with E-state index in [1.54, 1.807) is 0 Å². The molecule has 0 bridgehead atoms. The van der Waals surface area contributed by atoms with Crippen LogP contribution in [-0.2, 0) is 4.74 Å². The Kier molecular flexibility index (Phi) is 5.02. The minimum Gasteiger partial charge on any atom is -0.376 e. The Hall–Kier alpha value is -1.33. The highest BCUT2D eigenvalue weighted by Crippen LogP contribution is 2.32. The summed E-state index contributed by atoms with van der Waals surface area (Å²) in [5.41, 5.74) is 2.82. The maximum absolute atomic E-state index is 13.1. The van der Waals surface area contributed by atoms with Gasteiger partial charge in [-0.05, 0) is 53.7 Å². The Morgan fingerprint density at radius 1 is 1.38 bits per heavy atom. The van der Waals surface area contributed by atoms with Crippen LogP contribution in [-0.4, -0.2) is 65.6 Å². The molecule has 1 amide bonds. The van der Waals surface area contributed by atoms with Crippen molar-refractivity contribution in [1.82, 2.24) is 14.8 Å². The van der Waals surface area contributed by atoms with Crippen molar-refractivity contribution in [3.05, 3.63) is 23.0 Å². The lowest BCUT2D eigenvalue weighted by Gasteiger charge is -2.49. The number of amides is 1. The van der Waals surface area contributed by atoms with Gasteiger partial charge >= 0.3 is 0 Å². The lowest BCUT2D eigenvalue weighted by Crippen LogP contribution is -2.62. The van der Waals surface area contributed by atoms with Crippen LogP contribution >= 0.6 is 0 Å². The molecule has 0 unspecified atom stereocenters. The van der Waals surface area contributed by atoms with Crippen LogP contribution in [0.5, 0.6) is 0 Å². The van der Waals surface area contributed by atoms with E-state index in [9.17, 15) is 4.79 Å². The molecule has 2 aliphatic heterocycles. The van der Waals surface area contributed by atoms with Crippen molar-refractivity contribution in [3.63, 3.8) is 0 Å². The van der Waals surface area contributed by atoms with Crippen LogP contribution in [0.2, 0.25) is 0 Å². The van der Waals surface area contributed by atoms with Gasteiger partial charge in [-0.25, -0.2) is 0 Å². The van der Waals surface area contributed by atoms with Crippen molar-refractivity contribution in [2.75, 3.05) is 26.7 Å². The number of ether oxygens (including phenoxy) is 1. The molecule has 24 heavy (non-hydrogen) atoms. The number of likely N-dealkylation sites (tertiary alicyclic amines) is 1. The number of aryl methyl sites for hydroxylation is 2. The summed E-state index contributed by atoms with van der Waals surface area (Å²) >= 11 is 0. The van der Waals surface area contributed by atoms with E-state index >= 15 is 0 Å². The average molecular weight is 333 g/mol. The number of hydrogen-bond donors (Lipinski definition) is 1. The summed E-state index contributed by atoms with van der Waals surface area (Å²) in [5, 5.41) is 0. The monoisotopic (exact) mass is 333 g/mol. The first kappa shape index (κ1) is 17.5. The van der Waals surface area contributed by atoms with Crippen molar-refractivity contribution in [1.29, 1.82) is 0 Å². The third-order valence-electron chi connectivity index (χ3n) is 5.74. The predicted octanol–water partition coefficient (Wildman–Crippen LogP) is 2.59. The molecule has 0 spiro atoms. The van der Waals surface area contributed by atoms with Gasteiger partial charge in [0.15, 0.2) is 0 Å². The SMILES string of the molecule is Cc1cc(C(=O)N2C[C@@H]3CCCO[C@@H]3[C@H](N(C)C(C)C)C2)c(C)[nH]1. The van der Waals surface area contributed by atoms with Gasteiger partial charge in [-0.15, -0.1) is 0 Å². The Labute approximate surface area is 145 Å². The van der Waals surface area contributed by atoms with Crippen LogP contribution < -0.4 is 0 Å². The van der Waals surface area contributed by atoms with Gasteiger partial charge in [-0.1, -0.05) is 0 Å². The molecule has 0 radical (unpaired) electrons. The number of nitrogens with zero attached hydrogens (tertiary/aromatic N) is 2. The van der Waals surface area contributed by atoms with Crippen molar-refractivity contribution in [2.24, 2.45) is 5.92 Å². The smallest absolute Gasteiger partial charge is 0.255 e. The molecule has 0 saturated carbocycles. The number of rotatable bonds is 3. The number of carbonyl (C=O) groups excluding carboxylic acids is 1. The number of fused-ring (bicyclic) bond motifs is 1. The third-order valence-corrected chi connectivity index (χ3v) is 5.74. The summed E-state index contributed by atoms with van der Waals surface area (Å²) < 4.78 is 6.14. The Morgan fingerprint density at radius 2 is 2.12 bits per heavy atom. The Bertz CT molecular complexity index is 595. The summed E-state index contributed by atoms with van der Waals surface area (Å²) in [5.74, 6) is 0.603. The van der Waals surface area contributed by atoms with Gasteiger partial charge in [0.1, 0.15) is 0 Å². The fraction of sp³-hybridized carbons (Fsp3) is 0.737. The van der Waals surface area contributed by atoms with Gasteiger partial charge in [0.05, 0.1) is 17.7 Å². The predicted molar refractivity (Wildman–Crippen MR) is 95.3 cm³/mol. The van der Waals surface area contributed by atoms with Gasteiger partial charge in [0.2, 0.25) is 0 Å². The van der Waals surface area contributed by atoms with E-state index in [2.05, 4.69) is 35.7 Å². The lowest BCUT2D eigenvalue weighted by molar-refractivity contribution is -0.108. The standard InChI is InChI=1S/C19H31N3O2/c1-12(2)21(5)17-11-22(10-15-7-6-8-24-18(15)17)19(23)16-9-13(3)20-14(16)4/h9,12,15,17-18,20H,6-8,10-11H2,1-5H3/t15-,17+,18-/m0/s1. The van der Waals surface area contributed by atoms with Crippen LogP contribution in [0.1, 0.15) is 48.4 Å². The lowest BCUT2D eigenvalue weighted by atomic mass is 9.84. The Morgan fingerprint density at radius 3 is 2.75 bits per heavy atom. The third kappa shape index (κ3) is 3.24. The highest BCUT2D eigenvalue weighted by Gasteiger charge is 2.43. The molecule has 0 aliphatic carbocycles. The first-order chi connectivity index (χ1) is 11.4. The summed E-state index contributed by atoms with van der Waals surface area (Å²) in [6.45, 7) is 10.8. The fourth-order valence-electron chi connectivity index (χ4n) is 4.20. The van der Waals surface area contributed by atoms with Gasteiger partial charge in [-0.2, -0.15) is 0 Å².